The first-order valence-electron chi connectivity index (χ1n) is 13.3. The van der Waals surface area contributed by atoms with Gasteiger partial charge in [0.2, 0.25) is 0 Å². The highest BCUT2D eigenvalue weighted by Crippen LogP contribution is 2.28. The number of methoxy groups -OCH3 is 2. The van der Waals surface area contributed by atoms with Crippen LogP contribution in [0.4, 0.5) is 0 Å². The summed E-state index contributed by atoms with van der Waals surface area (Å²) in [4.78, 5) is 28.4. The molecule has 0 aromatic heterocycles. The van der Waals surface area contributed by atoms with Crippen molar-refractivity contribution in [3.05, 3.63) is 106 Å². The molecular weight excluding hydrogens is 574 g/mol. The van der Waals surface area contributed by atoms with Crippen LogP contribution in [0.3, 0.4) is 0 Å². The van der Waals surface area contributed by atoms with Crippen LogP contribution in [0.25, 0.3) is 5.57 Å². The number of halogens is 1. The van der Waals surface area contributed by atoms with Crippen LogP contribution in [0.1, 0.15) is 42.2 Å². The highest BCUT2D eigenvalue weighted by Gasteiger charge is 2.20. The molecular formula is C32H34ClN3O7. The van der Waals surface area contributed by atoms with Crippen molar-refractivity contribution in [3.63, 3.8) is 0 Å². The number of carbonyl (C=O) groups is 1. The zero-order valence-electron chi connectivity index (χ0n) is 24.7. The fraction of sp³-hybridized carbons (Fsp3) is 0.250. The molecule has 0 bridgehead atoms. The maximum atomic E-state index is 12.3. The van der Waals surface area contributed by atoms with Crippen molar-refractivity contribution in [3.8, 4) is 5.75 Å². The van der Waals surface area contributed by atoms with Crippen LogP contribution in [0, 0.1) is 0 Å². The standard InChI is InChI=1S/C32H34ClN3O7/c1-6-42-36-30(19-34-43-22(2)27-9-7-8-10-28(27)29(20-38-3)32(37)39-4)23-13-17-26(18-14-23)41-21-31(35-40-5)24-11-15-25(33)16-12-24/h7-20,22H,6,21H2,1-5H3. The average molecular weight is 608 g/mol. The predicted molar refractivity (Wildman–Crippen MR) is 167 cm³/mol. The van der Waals surface area contributed by atoms with Crippen LogP contribution in [-0.4, -0.2) is 58.2 Å². The smallest absolute Gasteiger partial charge is 0.341 e. The fourth-order valence-corrected chi connectivity index (χ4v) is 3.97. The molecule has 43 heavy (non-hydrogen) atoms. The topological polar surface area (TPSA) is 110 Å². The van der Waals surface area contributed by atoms with Gasteiger partial charge in [-0.2, -0.15) is 0 Å². The molecule has 1 unspecified atom stereocenters. The molecule has 3 rings (SSSR count). The number of hydrogen-bond donors (Lipinski definition) is 0. The minimum atomic E-state index is -0.532. The van der Waals surface area contributed by atoms with Crippen LogP contribution >= 0.6 is 11.6 Å². The molecule has 3 aromatic rings. The molecule has 0 heterocycles. The third-order valence-corrected chi connectivity index (χ3v) is 6.17. The Balaban J connectivity index is 1.73. The van der Waals surface area contributed by atoms with Crippen LogP contribution in [0.2, 0.25) is 5.02 Å². The van der Waals surface area contributed by atoms with Gasteiger partial charge in [-0.25, -0.2) is 4.79 Å². The number of nitrogens with zero attached hydrogens (tertiary/aromatic N) is 3. The molecule has 0 amide bonds. The molecule has 3 aromatic carbocycles. The van der Waals surface area contributed by atoms with E-state index in [9.17, 15) is 4.79 Å². The third kappa shape index (κ3) is 9.61. The maximum absolute atomic E-state index is 12.3. The van der Waals surface area contributed by atoms with E-state index in [0.717, 1.165) is 11.1 Å². The van der Waals surface area contributed by atoms with E-state index in [2.05, 4.69) is 15.5 Å². The second-order valence-corrected chi connectivity index (χ2v) is 9.20. The Labute approximate surface area is 256 Å². The Kier molecular flexibility index (Phi) is 13.1. The fourth-order valence-electron chi connectivity index (χ4n) is 3.85. The Hall–Kier alpha value is -4.83. The zero-order chi connectivity index (χ0) is 31.0. The van der Waals surface area contributed by atoms with E-state index < -0.39 is 12.1 Å². The highest BCUT2D eigenvalue weighted by molar-refractivity contribution is 6.38. The maximum Gasteiger partial charge on any atom is 0.341 e. The zero-order valence-corrected chi connectivity index (χ0v) is 25.4. The van der Waals surface area contributed by atoms with Gasteiger partial charge in [0.25, 0.3) is 0 Å². The van der Waals surface area contributed by atoms with Crippen molar-refractivity contribution in [1.29, 1.82) is 0 Å². The van der Waals surface area contributed by atoms with Gasteiger partial charge in [-0.1, -0.05) is 63.5 Å². The lowest BCUT2D eigenvalue weighted by Crippen LogP contribution is -2.13. The van der Waals surface area contributed by atoms with Crippen molar-refractivity contribution < 1.29 is 33.5 Å². The van der Waals surface area contributed by atoms with Gasteiger partial charge in [0.1, 0.15) is 49.2 Å². The first-order valence-corrected chi connectivity index (χ1v) is 13.7. The van der Waals surface area contributed by atoms with Crippen molar-refractivity contribution >= 4 is 40.8 Å². The quantitative estimate of drug-likeness (QED) is 0.0643. The summed E-state index contributed by atoms with van der Waals surface area (Å²) in [7, 11) is 4.25. The number of hydrogen-bond acceptors (Lipinski definition) is 10. The lowest BCUT2D eigenvalue weighted by molar-refractivity contribution is -0.133. The Bertz CT molecular complexity index is 1450. The lowest BCUT2D eigenvalue weighted by Gasteiger charge is -2.16. The van der Waals surface area contributed by atoms with Crippen molar-refractivity contribution in [1.82, 2.24) is 0 Å². The summed E-state index contributed by atoms with van der Waals surface area (Å²) >= 11 is 6.00. The normalized spacial score (nSPS) is 12.9. The van der Waals surface area contributed by atoms with E-state index in [-0.39, 0.29) is 12.2 Å². The van der Waals surface area contributed by atoms with E-state index >= 15 is 0 Å². The molecule has 1 atom stereocenters. The Morgan fingerprint density at radius 3 is 2.28 bits per heavy atom. The van der Waals surface area contributed by atoms with Gasteiger partial charge < -0.3 is 28.7 Å². The summed E-state index contributed by atoms with van der Waals surface area (Å²) in [5, 5.41) is 13.0. The largest absolute Gasteiger partial charge is 0.503 e. The summed E-state index contributed by atoms with van der Waals surface area (Å²) in [5.74, 6) is 0.0805. The van der Waals surface area contributed by atoms with Gasteiger partial charge in [0, 0.05) is 21.7 Å². The third-order valence-electron chi connectivity index (χ3n) is 5.92. The van der Waals surface area contributed by atoms with Gasteiger partial charge in [-0.05, 0) is 55.8 Å². The summed E-state index contributed by atoms with van der Waals surface area (Å²) in [6, 6.07) is 21.8. The van der Waals surface area contributed by atoms with Crippen molar-refractivity contribution in [2.45, 2.75) is 20.0 Å². The Morgan fingerprint density at radius 2 is 1.63 bits per heavy atom. The number of esters is 1. The highest BCUT2D eigenvalue weighted by atomic mass is 35.5. The molecule has 226 valence electrons. The second kappa shape index (κ2) is 17.2. The average Bonchev–Trinajstić information content (AvgIpc) is 3.04. The number of rotatable bonds is 15. The van der Waals surface area contributed by atoms with Gasteiger partial charge in [-0.15, -0.1) is 0 Å². The molecule has 0 radical (unpaired) electrons. The molecule has 0 aliphatic rings. The van der Waals surface area contributed by atoms with Gasteiger partial charge in [-0.3, -0.25) is 0 Å². The molecule has 0 spiro atoms. The number of carbonyl (C=O) groups excluding carboxylic acids is 1. The predicted octanol–water partition coefficient (Wildman–Crippen LogP) is 6.43. The number of oxime groups is 3. The van der Waals surface area contributed by atoms with E-state index in [0.29, 0.717) is 39.9 Å². The van der Waals surface area contributed by atoms with Gasteiger partial charge in [0.05, 0.1) is 26.7 Å². The minimum absolute atomic E-state index is 0.181. The summed E-state index contributed by atoms with van der Waals surface area (Å²) in [6.45, 7) is 4.20. The van der Waals surface area contributed by atoms with Crippen LogP contribution in [-0.2, 0) is 28.8 Å². The Morgan fingerprint density at radius 1 is 0.930 bits per heavy atom. The molecule has 11 heteroatoms. The van der Waals surface area contributed by atoms with Crippen LogP contribution in [0.5, 0.6) is 5.75 Å². The van der Waals surface area contributed by atoms with Crippen molar-refractivity contribution in [2.75, 3.05) is 34.5 Å². The molecule has 0 aliphatic carbocycles. The molecule has 10 nitrogen and oxygen atoms in total. The second-order valence-electron chi connectivity index (χ2n) is 8.76. The van der Waals surface area contributed by atoms with Gasteiger partial charge in [0.15, 0.2) is 0 Å². The molecule has 0 fully saturated rings. The van der Waals surface area contributed by atoms with Gasteiger partial charge >= 0.3 is 5.97 Å². The minimum Gasteiger partial charge on any atom is -0.503 e. The SMILES string of the molecule is CCON=C(C=NOC(C)c1ccccc1C(=COC)C(=O)OC)c1ccc(OCC(=NOC)c2ccc(Cl)cc2)cc1. The summed E-state index contributed by atoms with van der Waals surface area (Å²) in [5.41, 5.74) is 4.18. The molecule has 0 N–H and O–H groups in total. The molecule has 0 aliphatic heterocycles. The monoisotopic (exact) mass is 607 g/mol. The van der Waals surface area contributed by atoms with E-state index in [1.807, 2.05) is 56.3 Å². The lowest BCUT2D eigenvalue weighted by atomic mass is 9.97. The van der Waals surface area contributed by atoms with E-state index in [1.54, 1.807) is 30.3 Å². The number of benzene rings is 3. The summed E-state index contributed by atoms with van der Waals surface area (Å²) in [6.07, 6.45) is 2.27. The molecule has 0 saturated carbocycles. The summed E-state index contributed by atoms with van der Waals surface area (Å²) < 4.78 is 15.9. The number of ether oxygens (including phenoxy) is 3. The first kappa shape index (κ1) is 32.7. The van der Waals surface area contributed by atoms with E-state index in [1.165, 1.54) is 33.8 Å². The van der Waals surface area contributed by atoms with Crippen molar-refractivity contribution in [2.24, 2.45) is 15.5 Å². The van der Waals surface area contributed by atoms with Crippen LogP contribution < -0.4 is 4.74 Å². The molecule has 0 saturated heterocycles. The van der Waals surface area contributed by atoms with E-state index in [4.69, 9.17) is 40.3 Å². The first-order chi connectivity index (χ1) is 20.9. The van der Waals surface area contributed by atoms with Crippen LogP contribution in [0.15, 0.2) is 94.5 Å².